The maximum absolute atomic E-state index is 10.0. The molecule has 0 bridgehead atoms. The Morgan fingerprint density at radius 1 is 1.50 bits per heavy atom. The average Bonchev–Trinajstić information content (AvgIpc) is 1.95. The standard InChI is InChI=1S/C5H2Cl2N2O/c6-3-1-8-4(2-10)9-5(3)7/h1-2H. The van der Waals surface area contributed by atoms with Crippen LogP contribution in [0.5, 0.6) is 0 Å². The predicted octanol–water partition coefficient (Wildman–Crippen LogP) is 1.60. The van der Waals surface area contributed by atoms with Crippen LogP contribution in [0.2, 0.25) is 10.2 Å². The Kier molecular flexibility index (Phi) is 2.19. The zero-order chi connectivity index (χ0) is 7.56. The molecule has 0 N–H and O–H groups in total. The Morgan fingerprint density at radius 3 is 2.70 bits per heavy atom. The third kappa shape index (κ3) is 1.43. The molecular formula is C5H2Cl2N2O. The van der Waals surface area contributed by atoms with Gasteiger partial charge in [0.15, 0.2) is 17.3 Å². The van der Waals surface area contributed by atoms with E-state index in [1.807, 2.05) is 0 Å². The van der Waals surface area contributed by atoms with Crippen LogP contribution in [-0.4, -0.2) is 16.3 Å². The van der Waals surface area contributed by atoms with Crippen LogP contribution in [-0.2, 0) is 0 Å². The summed E-state index contributed by atoms with van der Waals surface area (Å²) in [6, 6.07) is 0. The van der Waals surface area contributed by atoms with Crippen molar-refractivity contribution < 1.29 is 4.79 Å². The van der Waals surface area contributed by atoms with Crippen molar-refractivity contribution >= 4 is 29.5 Å². The molecule has 0 radical (unpaired) electrons. The second-order valence-electron chi connectivity index (χ2n) is 1.48. The van der Waals surface area contributed by atoms with Crippen LogP contribution < -0.4 is 0 Å². The van der Waals surface area contributed by atoms with Crippen LogP contribution in [0.1, 0.15) is 10.6 Å². The molecule has 0 atom stereocenters. The molecule has 5 heteroatoms. The summed E-state index contributed by atoms with van der Waals surface area (Å²) >= 11 is 10.9. The van der Waals surface area contributed by atoms with E-state index in [1.54, 1.807) is 0 Å². The summed E-state index contributed by atoms with van der Waals surface area (Å²) in [4.78, 5) is 17.2. The summed E-state index contributed by atoms with van der Waals surface area (Å²) in [6.45, 7) is 0. The number of nitrogens with zero attached hydrogens (tertiary/aromatic N) is 2. The van der Waals surface area contributed by atoms with Gasteiger partial charge in [-0.2, -0.15) is 0 Å². The van der Waals surface area contributed by atoms with Gasteiger partial charge in [0, 0.05) is 0 Å². The third-order valence-corrected chi connectivity index (χ3v) is 1.49. The minimum absolute atomic E-state index is 0.0365. The number of hydrogen-bond donors (Lipinski definition) is 0. The molecule has 0 saturated heterocycles. The Morgan fingerprint density at radius 2 is 2.20 bits per heavy atom. The van der Waals surface area contributed by atoms with Crippen molar-refractivity contribution in [1.82, 2.24) is 9.97 Å². The molecule has 1 aromatic heterocycles. The van der Waals surface area contributed by atoms with Crippen molar-refractivity contribution in [3.05, 3.63) is 22.2 Å². The van der Waals surface area contributed by atoms with Gasteiger partial charge in [0.05, 0.1) is 11.2 Å². The van der Waals surface area contributed by atoms with E-state index in [0.717, 1.165) is 0 Å². The van der Waals surface area contributed by atoms with Crippen LogP contribution in [0.4, 0.5) is 0 Å². The summed E-state index contributed by atoms with van der Waals surface area (Å²) in [5, 5.41) is 0.339. The maximum atomic E-state index is 10.0. The molecule has 0 saturated carbocycles. The molecule has 0 amide bonds. The summed E-state index contributed by atoms with van der Waals surface area (Å²) in [5.41, 5.74) is 0. The number of carbonyl (C=O) groups is 1. The van der Waals surface area contributed by atoms with Crippen molar-refractivity contribution in [2.24, 2.45) is 0 Å². The largest absolute Gasteiger partial charge is 0.294 e. The number of halogens is 2. The summed E-state index contributed by atoms with van der Waals surface area (Å²) in [6.07, 6.45) is 1.78. The molecular weight excluding hydrogens is 175 g/mol. The van der Waals surface area contributed by atoms with E-state index in [1.165, 1.54) is 6.20 Å². The molecule has 0 spiro atoms. The molecule has 52 valence electrons. The van der Waals surface area contributed by atoms with Gasteiger partial charge in [0.25, 0.3) is 0 Å². The van der Waals surface area contributed by atoms with Gasteiger partial charge in [-0.1, -0.05) is 23.2 Å². The fraction of sp³-hybridized carbons (Fsp3) is 0. The van der Waals surface area contributed by atoms with E-state index < -0.39 is 0 Å². The molecule has 1 rings (SSSR count). The topological polar surface area (TPSA) is 42.9 Å². The molecule has 3 nitrogen and oxygen atoms in total. The Hall–Kier alpha value is -0.670. The van der Waals surface area contributed by atoms with Gasteiger partial charge in [0.1, 0.15) is 0 Å². The van der Waals surface area contributed by atoms with Crippen molar-refractivity contribution in [3.63, 3.8) is 0 Å². The second kappa shape index (κ2) is 2.94. The number of aldehydes is 1. The van der Waals surface area contributed by atoms with E-state index in [9.17, 15) is 4.79 Å². The smallest absolute Gasteiger partial charge is 0.194 e. The van der Waals surface area contributed by atoms with E-state index in [2.05, 4.69) is 9.97 Å². The zero-order valence-electron chi connectivity index (χ0n) is 4.71. The van der Waals surface area contributed by atoms with Crippen LogP contribution in [0.25, 0.3) is 0 Å². The van der Waals surface area contributed by atoms with Gasteiger partial charge in [0.2, 0.25) is 0 Å². The van der Waals surface area contributed by atoms with Gasteiger partial charge in [-0.3, -0.25) is 4.79 Å². The fourth-order valence-electron chi connectivity index (χ4n) is 0.416. The number of carbonyl (C=O) groups excluding carboxylic acids is 1. The molecule has 0 aliphatic heterocycles. The highest BCUT2D eigenvalue weighted by Crippen LogP contribution is 2.16. The minimum atomic E-state index is 0.0365. The first kappa shape index (κ1) is 7.44. The highest BCUT2D eigenvalue weighted by molar-refractivity contribution is 6.41. The normalized spacial score (nSPS) is 9.40. The predicted molar refractivity (Wildman–Crippen MR) is 37.4 cm³/mol. The molecule has 10 heavy (non-hydrogen) atoms. The Labute approximate surface area is 67.0 Å². The lowest BCUT2D eigenvalue weighted by Crippen LogP contribution is -1.91. The lowest BCUT2D eigenvalue weighted by Gasteiger charge is -1.91. The first-order valence-electron chi connectivity index (χ1n) is 2.37. The van der Waals surface area contributed by atoms with E-state index in [0.29, 0.717) is 6.29 Å². The van der Waals surface area contributed by atoms with E-state index in [4.69, 9.17) is 23.2 Å². The number of rotatable bonds is 1. The van der Waals surface area contributed by atoms with Gasteiger partial charge < -0.3 is 0 Å². The van der Waals surface area contributed by atoms with Gasteiger partial charge in [-0.25, -0.2) is 9.97 Å². The quantitative estimate of drug-likeness (QED) is 0.483. The van der Waals surface area contributed by atoms with E-state index in [-0.39, 0.29) is 16.0 Å². The fourth-order valence-corrected chi connectivity index (χ4v) is 0.642. The van der Waals surface area contributed by atoms with Crippen LogP contribution in [0, 0.1) is 0 Å². The highest BCUT2D eigenvalue weighted by Gasteiger charge is 1.99. The molecule has 0 aliphatic carbocycles. The monoisotopic (exact) mass is 176 g/mol. The van der Waals surface area contributed by atoms with Gasteiger partial charge >= 0.3 is 0 Å². The van der Waals surface area contributed by atoms with Crippen molar-refractivity contribution in [2.75, 3.05) is 0 Å². The van der Waals surface area contributed by atoms with Crippen LogP contribution >= 0.6 is 23.2 Å². The van der Waals surface area contributed by atoms with Crippen molar-refractivity contribution in [3.8, 4) is 0 Å². The molecule has 1 aromatic rings. The zero-order valence-corrected chi connectivity index (χ0v) is 6.23. The minimum Gasteiger partial charge on any atom is -0.294 e. The number of hydrogen-bond acceptors (Lipinski definition) is 3. The Balaban J connectivity index is 3.16. The first-order valence-corrected chi connectivity index (χ1v) is 3.13. The first-order chi connectivity index (χ1) is 4.74. The SMILES string of the molecule is O=Cc1ncc(Cl)c(Cl)n1. The second-order valence-corrected chi connectivity index (χ2v) is 2.25. The highest BCUT2D eigenvalue weighted by atomic mass is 35.5. The number of aromatic nitrogens is 2. The van der Waals surface area contributed by atoms with E-state index >= 15 is 0 Å². The van der Waals surface area contributed by atoms with Gasteiger partial charge in [-0.15, -0.1) is 0 Å². The summed E-state index contributed by atoms with van der Waals surface area (Å²) in [7, 11) is 0. The van der Waals surface area contributed by atoms with Crippen molar-refractivity contribution in [2.45, 2.75) is 0 Å². The third-order valence-electron chi connectivity index (χ3n) is 0.825. The average molecular weight is 177 g/mol. The van der Waals surface area contributed by atoms with Gasteiger partial charge in [-0.05, 0) is 0 Å². The molecule has 0 fully saturated rings. The lowest BCUT2D eigenvalue weighted by molar-refractivity contribution is 0.111. The van der Waals surface area contributed by atoms with Crippen LogP contribution in [0.15, 0.2) is 6.20 Å². The maximum Gasteiger partial charge on any atom is 0.194 e. The molecule has 0 aliphatic rings. The lowest BCUT2D eigenvalue weighted by atomic mass is 10.6. The molecule has 0 unspecified atom stereocenters. The van der Waals surface area contributed by atoms with Crippen molar-refractivity contribution in [1.29, 1.82) is 0 Å². The van der Waals surface area contributed by atoms with Crippen LogP contribution in [0.3, 0.4) is 0 Å². The molecule has 0 aromatic carbocycles. The summed E-state index contributed by atoms with van der Waals surface area (Å²) < 4.78 is 0. The summed E-state index contributed by atoms with van der Waals surface area (Å²) in [5.74, 6) is 0.0365. The Bertz CT molecular complexity index is 264. The molecule has 1 heterocycles.